The second-order valence-electron chi connectivity index (χ2n) is 5.24. The molecule has 1 aromatic carbocycles. The van der Waals surface area contributed by atoms with Gasteiger partial charge in [0.25, 0.3) is 0 Å². The van der Waals surface area contributed by atoms with Gasteiger partial charge < -0.3 is 10.5 Å². The molecule has 0 bridgehead atoms. The Morgan fingerprint density at radius 3 is 2.71 bits per heavy atom. The van der Waals surface area contributed by atoms with Crippen molar-refractivity contribution in [3.63, 3.8) is 0 Å². The Balaban J connectivity index is 1.79. The highest BCUT2D eigenvalue weighted by Gasteiger charge is 2.23. The average Bonchev–Trinajstić information content (AvgIpc) is 2.70. The lowest BCUT2D eigenvalue weighted by molar-refractivity contribution is 0.271. The molecule has 1 fully saturated rings. The van der Waals surface area contributed by atoms with Crippen molar-refractivity contribution in [3.8, 4) is 5.75 Å². The van der Waals surface area contributed by atoms with Gasteiger partial charge in [-0.15, -0.1) is 0 Å². The van der Waals surface area contributed by atoms with Gasteiger partial charge in [-0.05, 0) is 62.3 Å². The van der Waals surface area contributed by atoms with Gasteiger partial charge in [0.05, 0.1) is 6.61 Å². The van der Waals surface area contributed by atoms with Crippen LogP contribution in [0, 0.1) is 19.8 Å². The highest BCUT2D eigenvalue weighted by molar-refractivity contribution is 5.33. The van der Waals surface area contributed by atoms with Gasteiger partial charge in [-0.2, -0.15) is 0 Å². The number of nitrogens with two attached hydrogens (primary N) is 1. The minimum absolute atomic E-state index is 0.401. The number of ether oxygens (including phenoxy) is 1. The zero-order valence-electron chi connectivity index (χ0n) is 10.9. The van der Waals surface area contributed by atoms with Gasteiger partial charge in [0, 0.05) is 6.04 Å². The van der Waals surface area contributed by atoms with Gasteiger partial charge in [-0.1, -0.05) is 12.5 Å². The molecule has 0 aliphatic heterocycles. The van der Waals surface area contributed by atoms with Crippen LogP contribution < -0.4 is 10.5 Å². The van der Waals surface area contributed by atoms with Gasteiger partial charge in [0.1, 0.15) is 5.75 Å². The van der Waals surface area contributed by atoms with Crippen LogP contribution in [0.25, 0.3) is 0 Å². The van der Waals surface area contributed by atoms with E-state index in [4.69, 9.17) is 10.5 Å². The van der Waals surface area contributed by atoms with Crippen molar-refractivity contribution in [2.45, 2.75) is 45.6 Å². The fraction of sp³-hybridized carbons (Fsp3) is 0.600. The molecule has 2 nitrogen and oxygen atoms in total. The second kappa shape index (κ2) is 5.54. The van der Waals surface area contributed by atoms with Gasteiger partial charge in [0.2, 0.25) is 0 Å². The van der Waals surface area contributed by atoms with Crippen LogP contribution in [-0.4, -0.2) is 12.6 Å². The van der Waals surface area contributed by atoms with E-state index in [9.17, 15) is 0 Å². The lowest BCUT2D eigenvalue weighted by Gasteiger charge is -2.15. The zero-order chi connectivity index (χ0) is 12.3. The lowest BCUT2D eigenvalue weighted by atomic mass is 10.0. The van der Waals surface area contributed by atoms with Crippen molar-refractivity contribution in [1.29, 1.82) is 0 Å². The first-order chi connectivity index (χ1) is 8.16. The summed E-state index contributed by atoms with van der Waals surface area (Å²) in [5.41, 5.74) is 8.65. The zero-order valence-corrected chi connectivity index (χ0v) is 10.9. The highest BCUT2D eigenvalue weighted by Crippen LogP contribution is 2.27. The summed E-state index contributed by atoms with van der Waals surface area (Å²) >= 11 is 0. The molecule has 2 unspecified atom stereocenters. The van der Waals surface area contributed by atoms with Crippen molar-refractivity contribution in [2.24, 2.45) is 11.7 Å². The van der Waals surface area contributed by atoms with E-state index in [1.54, 1.807) is 0 Å². The maximum atomic E-state index is 6.05. The Morgan fingerprint density at radius 1 is 1.24 bits per heavy atom. The van der Waals surface area contributed by atoms with Crippen molar-refractivity contribution in [2.75, 3.05) is 6.61 Å². The molecule has 0 spiro atoms. The number of benzene rings is 1. The van der Waals surface area contributed by atoms with Crippen molar-refractivity contribution < 1.29 is 4.74 Å². The minimum Gasteiger partial charge on any atom is -0.494 e. The predicted octanol–water partition coefficient (Wildman–Crippen LogP) is 3.20. The van der Waals surface area contributed by atoms with E-state index in [1.165, 1.54) is 30.4 Å². The minimum atomic E-state index is 0.401. The average molecular weight is 233 g/mol. The second-order valence-corrected chi connectivity index (χ2v) is 5.24. The Bertz CT molecular complexity index is 375. The molecule has 1 aliphatic carbocycles. The summed E-state index contributed by atoms with van der Waals surface area (Å²) in [6.07, 6.45) is 4.84. The molecule has 2 rings (SSSR count). The SMILES string of the molecule is Cc1ccc(OCCC2CCCC2N)cc1C. The van der Waals surface area contributed by atoms with E-state index in [1.807, 2.05) is 0 Å². The molecule has 0 aromatic heterocycles. The van der Waals surface area contributed by atoms with E-state index in [2.05, 4.69) is 32.0 Å². The molecule has 2 heteroatoms. The van der Waals surface area contributed by atoms with E-state index in [0.29, 0.717) is 12.0 Å². The third-order valence-corrected chi connectivity index (χ3v) is 3.95. The lowest BCUT2D eigenvalue weighted by Crippen LogP contribution is -2.25. The first-order valence-electron chi connectivity index (χ1n) is 6.62. The summed E-state index contributed by atoms with van der Waals surface area (Å²) < 4.78 is 5.80. The van der Waals surface area contributed by atoms with E-state index in [-0.39, 0.29) is 0 Å². The Hall–Kier alpha value is -1.02. The molecule has 17 heavy (non-hydrogen) atoms. The molecule has 2 atom stereocenters. The fourth-order valence-corrected chi connectivity index (χ4v) is 2.56. The van der Waals surface area contributed by atoms with Gasteiger partial charge in [-0.3, -0.25) is 0 Å². The summed E-state index contributed by atoms with van der Waals surface area (Å²) in [4.78, 5) is 0. The highest BCUT2D eigenvalue weighted by atomic mass is 16.5. The number of aryl methyl sites for hydroxylation is 2. The molecular weight excluding hydrogens is 210 g/mol. The van der Waals surface area contributed by atoms with Crippen LogP contribution in [-0.2, 0) is 0 Å². The molecule has 0 radical (unpaired) electrons. The molecular formula is C15H23NO. The summed E-state index contributed by atoms with van der Waals surface area (Å²) in [5.74, 6) is 1.65. The van der Waals surface area contributed by atoms with E-state index < -0.39 is 0 Å². The summed E-state index contributed by atoms with van der Waals surface area (Å²) in [5, 5.41) is 0. The molecule has 2 N–H and O–H groups in total. The maximum Gasteiger partial charge on any atom is 0.119 e. The van der Waals surface area contributed by atoms with E-state index in [0.717, 1.165) is 18.8 Å². The Morgan fingerprint density at radius 2 is 2.06 bits per heavy atom. The van der Waals surface area contributed by atoms with Crippen LogP contribution in [0.3, 0.4) is 0 Å². The van der Waals surface area contributed by atoms with E-state index >= 15 is 0 Å². The number of hydrogen-bond acceptors (Lipinski definition) is 2. The predicted molar refractivity (Wildman–Crippen MR) is 71.3 cm³/mol. The van der Waals surface area contributed by atoms with Crippen LogP contribution >= 0.6 is 0 Å². The van der Waals surface area contributed by atoms with Crippen molar-refractivity contribution in [1.82, 2.24) is 0 Å². The standard InChI is InChI=1S/C15H23NO/c1-11-6-7-14(10-12(11)2)17-9-8-13-4-3-5-15(13)16/h6-7,10,13,15H,3-5,8-9,16H2,1-2H3. The fourth-order valence-electron chi connectivity index (χ4n) is 2.56. The molecule has 0 saturated heterocycles. The molecule has 0 heterocycles. The van der Waals surface area contributed by atoms with Crippen LogP contribution in [0.5, 0.6) is 5.75 Å². The number of hydrogen-bond donors (Lipinski definition) is 1. The van der Waals surface area contributed by atoms with Gasteiger partial charge in [-0.25, -0.2) is 0 Å². The Kier molecular flexibility index (Phi) is 4.06. The third kappa shape index (κ3) is 3.22. The summed E-state index contributed by atoms with van der Waals surface area (Å²) in [6, 6.07) is 6.69. The molecule has 1 aromatic rings. The first kappa shape index (κ1) is 12.4. The van der Waals surface area contributed by atoms with Gasteiger partial charge in [0.15, 0.2) is 0 Å². The normalized spacial score (nSPS) is 23.9. The van der Waals surface area contributed by atoms with Crippen LogP contribution in [0.15, 0.2) is 18.2 Å². The topological polar surface area (TPSA) is 35.2 Å². The molecule has 0 amide bonds. The number of rotatable bonds is 4. The quantitative estimate of drug-likeness (QED) is 0.866. The smallest absolute Gasteiger partial charge is 0.119 e. The van der Waals surface area contributed by atoms with Crippen molar-refractivity contribution in [3.05, 3.63) is 29.3 Å². The first-order valence-corrected chi connectivity index (χ1v) is 6.62. The maximum absolute atomic E-state index is 6.05. The van der Waals surface area contributed by atoms with Crippen molar-refractivity contribution >= 4 is 0 Å². The molecule has 1 saturated carbocycles. The summed E-state index contributed by atoms with van der Waals surface area (Å²) in [6.45, 7) is 5.03. The molecule has 94 valence electrons. The summed E-state index contributed by atoms with van der Waals surface area (Å²) in [7, 11) is 0. The largest absolute Gasteiger partial charge is 0.494 e. The van der Waals surface area contributed by atoms with Gasteiger partial charge >= 0.3 is 0 Å². The third-order valence-electron chi connectivity index (χ3n) is 3.95. The Labute approximate surface area is 104 Å². The molecule has 1 aliphatic rings. The van der Waals surface area contributed by atoms with Crippen LogP contribution in [0.1, 0.15) is 36.8 Å². The van der Waals surface area contributed by atoms with Crippen LogP contribution in [0.4, 0.5) is 0 Å². The van der Waals surface area contributed by atoms with Crippen LogP contribution in [0.2, 0.25) is 0 Å². The monoisotopic (exact) mass is 233 g/mol.